The number of aromatic hydroxyl groups is 3. The molecule has 36 heavy (non-hydrogen) atoms. The largest absolute Gasteiger partial charge is 0.507 e. The van der Waals surface area contributed by atoms with Crippen LogP contribution in [0, 0.1) is 6.92 Å². The number of phenolic OH excluding ortho intramolecular Hbond substituents is 2. The van der Waals surface area contributed by atoms with Crippen LogP contribution < -0.4 is 9.47 Å². The molecule has 0 atom stereocenters. The molecule has 5 rings (SSSR count). The molecule has 10 nitrogen and oxygen atoms in total. The highest BCUT2D eigenvalue weighted by Crippen LogP contribution is 2.38. The lowest BCUT2D eigenvalue weighted by molar-refractivity contribution is 0.0779. The van der Waals surface area contributed by atoms with Crippen LogP contribution in [0.3, 0.4) is 0 Å². The molecular formula is C26H24N4O6. The van der Waals surface area contributed by atoms with Crippen LogP contribution in [-0.4, -0.2) is 61.2 Å². The Hall–Kier alpha value is -4.73. The number of amides is 1. The molecule has 184 valence electrons. The maximum Gasteiger partial charge on any atom is 0.319 e. The van der Waals surface area contributed by atoms with E-state index in [2.05, 4.69) is 10.2 Å². The van der Waals surface area contributed by atoms with Crippen LogP contribution in [0.2, 0.25) is 0 Å². The van der Waals surface area contributed by atoms with Gasteiger partial charge in [0.05, 0.1) is 16.8 Å². The third-order valence-electron chi connectivity index (χ3n) is 5.99. The van der Waals surface area contributed by atoms with E-state index in [1.807, 2.05) is 31.2 Å². The number of carbonyl (C=O) groups is 1. The minimum Gasteiger partial charge on any atom is -0.507 e. The van der Waals surface area contributed by atoms with Crippen molar-refractivity contribution in [1.82, 2.24) is 19.7 Å². The number of para-hydroxylation sites is 2. The normalized spacial score (nSPS) is 12.4. The van der Waals surface area contributed by atoms with E-state index in [9.17, 15) is 20.1 Å². The van der Waals surface area contributed by atoms with E-state index in [1.165, 1.54) is 15.5 Å². The Morgan fingerprint density at radius 3 is 2.58 bits per heavy atom. The van der Waals surface area contributed by atoms with Gasteiger partial charge in [-0.15, -0.1) is 5.10 Å². The Labute approximate surface area is 206 Å². The fraction of sp³-hybridized carbons (Fsp3) is 0.192. The van der Waals surface area contributed by atoms with Crippen molar-refractivity contribution in [2.45, 2.75) is 13.5 Å². The first-order valence-electron chi connectivity index (χ1n) is 11.2. The number of aromatic nitrogens is 3. The number of carbonyl (C=O) groups excluding carboxylic acids is 1. The zero-order valence-electron chi connectivity index (χ0n) is 19.7. The van der Waals surface area contributed by atoms with Crippen LogP contribution >= 0.6 is 0 Å². The lowest BCUT2D eigenvalue weighted by Crippen LogP contribution is -2.27. The summed E-state index contributed by atoms with van der Waals surface area (Å²) in [6.07, 6.45) is 0. The van der Waals surface area contributed by atoms with E-state index in [-0.39, 0.29) is 35.3 Å². The number of hydrogen-bond acceptors (Lipinski definition) is 8. The summed E-state index contributed by atoms with van der Waals surface area (Å²) in [7, 11) is 1.60. The Morgan fingerprint density at radius 2 is 1.78 bits per heavy atom. The highest BCUT2D eigenvalue weighted by molar-refractivity contribution is 5.98. The topological polar surface area (TPSA) is 130 Å². The van der Waals surface area contributed by atoms with Gasteiger partial charge in [0.15, 0.2) is 17.3 Å². The van der Waals surface area contributed by atoms with Gasteiger partial charge in [-0.05, 0) is 30.7 Å². The molecule has 4 aromatic rings. The smallest absolute Gasteiger partial charge is 0.319 e. The van der Waals surface area contributed by atoms with Crippen LogP contribution in [0.5, 0.6) is 29.0 Å². The number of rotatable bonds is 5. The SMILES string of the molecule is Cc1ccccc1-n1c(O)nnc1-c1cc(C(=O)N(C)Cc2cccc3c2OCCO3)c(O)cc1O. The quantitative estimate of drug-likeness (QED) is 0.390. The molecular weight excluding hydrogens is 464 g/mol. The van der Waals surface area contributed by atoms with Crippen LogP contribution in [0.4, 0.5) is 0 Å². The van der Waals surface area contributed by atoms with Crippen LogP contribution in [0.1, 0.15) is 21.5 Å². The van der Waals surface area contributed by atoms with Gasteiger partial charge in [0, 0.05) is 25.2 Å². The predicted octanol–water partition coefficient (Wildman–Crippen LogP) is 3.40. The predicted molar refractivity (Wildman–Crippen MR) is 130 cm³/mol. The van der Waals surface area contributed by atoms with Crippen molar-refractivity contribution in [2.24, 2.45) is 0 Å². The molecule has 2 heterocycles. The fourth-order valence-corrected chi connectivity index (χ4v) is 4.21. The third kappa shape index (κ3) is 4.02. The number of ether oxygens (including phenoxy) is 2. The minimum absolute atomic E-state index is 0.0499. The monoisotopic (exact) mass is 488 g/mol. The van der Waals surface area contributed by atoms with Gasteiger partial charge in [-0.3, -0.25) is 4.79 Å². The molecule has 1 amide bonds. The van der Waals surface area contributed by atoms with Crippen molar-refractivity contribution in [1.29, 1.82) is 0 Å². The summed E-state index contributed by atoms with van der Waals surface area (Å²) in [5, 5.41) is 39.3. The number of nitrogens with zero attached hydrogens (tertiary/aromatic N) is 4. The minimum atomic E-state index is -0.491. The summed E-state index contributed by atoms with van der Waals surface area (Å²) in [5.74, 6) is 0.101. The summed E-state index contributed by atoms with van der Waals surface area (Å²) < 4.78 is 12.7. The molecule has 3 N–H and O–H groups in total. The van der Waals surface area contributed by atoms with Crippen molar-refractivity contribution in [3.63, 3.8) is 0 Å². The molecule has 0 saturated heterocycles. The van der Waals surface area contributed by atoms with E-state index >= 15 is 0 Å². The Morgan fingerprint density at radius 1 is 1.00 bits per heavy atom. The average Bonchev–Trinajstić information content (AvgIpc) is 3.25. The first-order chi connectivity index (χ1) is 17.3. The molecule has 1 aliphatic rings. The van der Waals surface area contributed by atoms with Crippen molar-refractivity contribution in [3.8, 4) is 46.1 Å². The Balaban J connectivity index is 1.51. The van der Waals surface area contributed by atoms with Gasteiger partial charge in [-0.1, -0.05) is 35.4 Å². The summed E-state index contributed by atoms with van der Waals surface area (Å²) in [6.45, 7) is 2.92. The molecule has 0 radical (unpaired) electrons. The van der Waals surface area contributed by atoms with Crippen molar-refractivity contribution in [2.75, 3.05) is 20.3 Å². The molecule has 0 unspecified atom stereocenters. The fourth-order valence-electron chi connectivity index (χ4n) is 4.21. The highest BCUT2D eigenvalue weighted by atomic mass is 16.6. The molecule has 0 fully saturated rings. The first kappa shape index (κ1) is 23.0. The second kappa shape index (κ2) is 9.14. The second-order valence-corrected chi connectivity index (χ2v) is 8.43. The average molecular weight is 489 g/mol. The second-order valence-electron chi connectivity index (χ2n) is 8.43. The summed E-state index contributed by atoms with van der Waals surface area (Å²) in [5.41, 5.74) is 2.26. The number of aryl methyl sites for hydroxylation is 1. The van der Waals surface area contributed by atoms with Gasteiger partial charge in [-0.25, -0.2) is 4.57 Å². The zero-order valence-corrected chi connectivity index (χ0v) is 19.7. The lowest BCUT2D eigenvalue weighted by atomic mass is 10.1. The number of hydrogen-bond donors (Lipinski definition) is 3. The maximum absolute atomic E-state index is 13.4. The van der Waals surface area contributed by atoms with E-state index in [0.29, 0.717) is 30.4 Å². The number of benzene rings is 3. The summed E-state index contributed by atoms with van der Waals surface area (Å²) >= 11 is 0. The van der Waals surface area contributed by atoms with E-state index < -0.39 is 11.7 Å². The van der Waals surface area contributed by atoms with Gasteiger partial charge >= 0.3 is 6.01 Å². The van der Waals surface area contributed by atoms with Gasteiger partial charge < -0.3 is 29.7 Å². The van der Waals surface area contributed by atoms with Crippen LogP contribution in [-0.2, 0) is 6.54 Å². The molecule has 0 aliphatic carbocycles. The molecule has 0 saturated carbocycles. The standard InChI is InChI=1S/C26H24N4O6/c1-15-6-3-4-8-19(15)30-24(27-28-26(30)34)17-12-18(21(32)13-20(17)31)25(33)29(2)14-16-7-5-9-22-23(16)36-11-10-35-22/h3-9,12-13,31-32H,10-11,14H2,1-2H3,(H,28,34). The molecule has 0 bridgehead atoms. The Kier molecular flexibility index (Phi) is 5.85. The molecule has 0 spiro atoms. The number of fused-ring (bicyclic) bond motifs is 1. The van der Waals surface area contributed by atoms with Crippen molar-refractivity contribution >= 4 is 5.91 Å². The molecule has 10 heteroatoms. The van der Waals surface area contributed by atoms with Gasteiger partial charge in [-0.2, -0.15) is 0 Å². The van der Waals surface area contributed by atoms with Crippen LogP contribution in [0.15, 0.2) is 54.6 Å². The highest BCUT2D eigenvalue weighted by Gasteiger charge is 2.25. The molecule has 1 aromatic heterocycles. The van der Waals surface area contributed by atoms with E-state index in [0.717, 1.165) is 17.2 Å². The van der Waals surface area contributed by atoms with Crippen LogP contribution in [0.25, 0.3) is 17.1 Å². The summed E-state index contributed by atoms with van der Waals surface area (Å²) in [4.78, 5) is 14.8. The number of phenols is 2. The summed E-state index contributed by atoms with van der Waals surface area (Å²) in [6, 6.07) is 14.8. The molecule has 3 aromatic carbocycles. The maximum atomic E-state index is 13.4. The van der Waals surface area contributed by atoms with Gasteiger partial charge in [0.2, 0.25) is 0 Å². The first-order valence-corrected chi connectivity index (χ1v) is 11.2. The van der Waals surface area contributed by atoms with E-state index in [1.54, 1.807) is 25.2 Å². The zero-order chi connectivity index (χ0) is 25.4. The van der Waals surface area contributed by atoms with Gasteiger partial charge in [0.25, 0.3) is 5.91 Å². The lowest BCUT2D eigenvalue weighted by Gasteiger charge is -2.24. The molecule has 1 aliphatic heterocycles. The van der Waals surface area contributed by atoms with E-state index in [4.69, 9.17) is 9.47 Å². The van der Waals surface area contributed by atoms with Crippen molar-refractivity contribution in [3.05, 3.63) is 71.3 Å². The third-order valence-corrected chi connectivity index (χ3v) is 5.99. The van der Waals surface area contributed by atoms with Gasteiger partial charge in [0.1, 0.15) is 24.7 Å². The Bertz CT molecular complexity index is 1470. The van der Waals surface area contributed by atoms with Crippen molar-refractivity contribution < 1.29 is 29.6 Å².